The third kappa shape index (κ3) is 4.89. The molecule has 0 atom stereocenters. The van der Waals surface area contributed by atoms with Crippen LogP contribution in [-0.4, -0.2) is 48.1 Å². The molecule has 1 saturated carbocycles. The standard InChI is InChI=1S/C22H30N2O5/c1-21(2,3)16-9-11-22(12-10-16)19(26)24(20(27)23-22)15-18(25)29-14-13-28-17-7-5-4-6-8-17/h4-8,16H,9-15H2,1-3H3,(H,23,27). The second-order valence-electron chi connectivity index (χ2n) is 8.93. The molecule has 1 aliphatic heterocycles. The molecule has 2 aliphatic rings. The molecule has 0 unspecified atom stereocenters. The number of amides is 3. The van der Waals surface area contributed by atoms with Gasteiger partial charge in [-0.15, -0.1) is 0 Å². The fourth-order valence-electron chi connectivity index (χ4n) is 4.14. The summed E-state index contributed by atoms with van der Waals surface area (Å²) in [5.74, 6) is 0.268. The minimum absolute atomic E-state index is 0.0514. The number of nitrogens with one attached hydrogen (secondary N) is 1. The van der Waals surface area contributed by atoms with Crippen LogP contribution in [0.5, 0.6) is 5.75 Å². The minimum Gasteiger partial charge on any atom is -0.490 e. The smallest absolute Gasteiger partial charge is 0.326 e. The number of carbonyl (C=O) groups is 3. The van der Waals surface area contributed by atoms with Crippen molar-refractivity contribution in [3.8, 4) is 5.75 Å². The molecule has 1 saturated heterocycles. The normalized spacial score (nSPS) is 24.5. The van der Waals surface area contributed by atoms with Gasteiger partial charge in [0.25, 0.3) is 5.91 Å². The van der Waals surface area contributed by atoms with Crippen LogP contribution in [0.3, 0.4) is 0 Å². The number of urea groups is 1. The highest BCUT2D eigenvalue weighted by Crippen LogP contribution is 2.43. The van der Waals surface area contributed by atoms with Crippen molar-refractivity contribution in [3.05, 3.63) is 30.3 Å². The molecule has 0 aromatic heterocycles. The van der Waals surface area contributed by atoms with Crippen LogP contribution in [0, 0.1) is 11.3 Å². The molecule has 158 valence electrons. The molecule has 7 heteroatoms. The van der Waals surface area contributed by atoms with Crippen LogP contribution >= 0.6 is 0 Å². The Morgan fingerprint density at radius 1 is 1.14 bits per heavy atom. The van der Waals surface area contributed by atoms with Gasteiger partial charge in [-0.2, -0.15) is 0 Å². The molecule has 1 aliphatic carbocycles. The second-order valence-corrected chi connectivity index (χ2v) is 8.93. The number of nitrogens with zero attached hydrogens (tertiary/aromatic N) is 1. The summed E-state index contributed by atoms with van der Waals surface area (Å²) in [6.45, 7) is 6.49. The minimum atomic E-state index is -0.866. The Balaban J connectivity index is 1.47. The fraction of sp³-hybridized carbons (Fsp3) is 0.591. The zero-order chi connectivity index (χ0) is 21.1. The molecule has 0 bridgehead atoms. The van der Waals surface area contributed by atoms with Crippen LogP contribution in [0.2, 0.25) is 0 Å². The number of para-hydroxylation sites is 1. The summed E-state index contributed by atoms with van der Waals surface area (Å²) in [6, 6.07) is 8.69. The van der Waals surface area contributed by atoms with Crippen molar-refractivity contribution in [3.63, 3.8) is 0 Å². The highest BCUT2D eigenvalue weighted by molar-refractivity contribution is 6.08. The molecule has 0 radical (unpaired) electrons. The zero-order valence-corrected chi connectivity index (χ0v) is 17.4. The first-order valence-corrected chi connectivity index (χ1v) is 10.2. The van der Waals surface area contributed by atoms with E-state index in [4.69, 9.17) is 9.47 Å². The number of hydrogen-bond acceptors (Lipinski definition) is 5. The van der Waals surface area contributed by atoms with E-state index in [1.165, 1.54) is 0 Å². The number of benzene rings is 1. The lowest BCUT2D eigenvalue weighted by Gasteiger charge is -2.40. The van der Waals surface area contributed by atoms with E-state index < -0.39 is 17.5 Å². The second kappa shape index (κ2) is 8.43. The van der Waals surface area contributed by atoms with Crippen LogP contribution in [0.25, 0.3) is 0 Å². The summed E-state index contributed by atoms with van der Waals surface area (Å²) in [6.07, 6.45) is 2.97. The average Bonchev–Trinajstić information content (AvgIpc) is 2.90. The lowest BCUT2D eigenvalue weighted by molar-refractivity contribution is -0.148. The fourth-order valence-corrected chi connectivity index (χ4v) is 4.14. The first-order valence-electron chi connectivity index (χ1n) is 10.2. The number of hydrogen-bond donors (Lipinski definition) is 1. The highest BCUT2D eigenvalue weighted by atomic mass is 16.6. The maximum absolute atomic E-state index is 12.9. The van der Waals surface area contributed by atoms with Gasteiger partial charge in [0.1, 0.15) is 31.0 Å². The van der Waals surface area contributed by atoms with Crippen LogP contribution in [-0.2, 0) is 14.3 Å². The molecule has 3 rings (SSSR count). The SMILES string of the molecule is CC(C)(C)C1CCC2(CC1)NC(=O)N(CC(=O)OCCOc1ccccc1)C2=O. The van der Waals surface area contributed by atoms with Gasteiger partial charge < -0.3 is 14.8 Å². The van der Waals surface area contributed by atoms with Crippen molar-refractivity contribution < 1.29 is 23.9 Å². The maximum Gasteiger partial charge on any atom is 0.326 e. The first kappa shape index (κ1) is 21.1. The van der Waals surface area contributed by atoms with Gasteiger partial charge in [-0.05, 0) is 49.1 Å². The highest BCUT2D eigenvalue weighted by Gasteiger charge is 2.53. The molecule has 2 fully saturated rings. The van der Waals surface area contributed by atoms with Gasteiger partial charge in [0, 0.05) is 0 Å². The Hall–Kier alpha value is -2.57. The molecule has 7 nitrogen and oxygen atoms in total. The lowest BCUT2D eigenvalue weighted by Crippen LogP contribution is -2.50. The van der Waals surface area contributed by atoms with E-state index in [2.05, 4.69) is 26.1 Å². The topological polar surface area (TPSA) is 84.9 Å². The summed E-state index contributed by atoms with van der Waals surface area (Å²) >= 11 is 0. The first-order chi connectivity index (χ1) is 13.7. The number of rotatable bonds is 6. The number of ether oxygens (including phenoxy) is 2. The molecular weight excluding hydrogens is 372 g/mol. The predicted octanol–water partition coefficient (Wildman–Crippen LogP) is 3.14. The summed E-state index contributed by atoms with van der Waals surface area (Å²) in [4.78, 5) is 38.3. The molecule has 3 amide bonds. The van der Waals surface area contributed by atoms with Gasteiger partial charge in [0.2, 0.25) is 0 Å². The van der Waals surface area contributed by atoms with Crippen LogP contribution in [0.4, 0.5) is 4.79 Å². The number of esters is 1. The van der Waals surface area contributed by atoms with E-state index in [9.17, 15) is 14.4 Å². The van der Waals surface area contributed by atoms with Gasteiger partial charge in [-0.1, -0.05) is 39.0 Å². The Labute approximate surface area is 171 Å². The largest absolute Gasteiger partial charge is 0.490 e. The van der Waals surface area contributed by atoms with E-state index in [1.54, 1.807) is 0 Å². The molecule has 1 aromatic carbocycles. The van der Waals surface area contributed by atoms with Gasteiger partial charge in [0.15, 0.2) is 0 Å². The van der Waals surface area contributed by atoms with Crippen molar-refractivity contribution in [2.45, 2.75) is 52.0 Å². The number of imide groups is 1. The predicted molar refractivity (Wildman–Crippen MR) is 107 cm³/mol. The van der Waals surface area contributed by atoms with E-state index in [1.807, 2.05) is 30.3 Å². The van der Waals surface area contributed by atoms with Gasteiger partial charge >= 0.3 is 12.0 Å². The van der Waals surface area contributed by atoms with E-state index in [-0.39, 0.29) is 31.1 Å². The van der Waals surface area contributed by atoms with Crippen molar-refractivity contribution in [1.82, 2.24) is 10.2 Å². The van der Waals surface area contributed by atoms with Crippen LogP contribution in [0.15, 0.2) is 30.3 Å². The Morgan fingerprint density at radius 3 is 2.41 bits per heavy atom. The van der Waals surface area contributed by atoms with Crippen molar-refractivity contribution in [1.29, 1.82) is 0 Å². The average molecular weight is 402 g/mol. The third-order valence-electron chi connectivity index (χ3n) is 5.96. The summed E-state index contributed by atoms with van der Waals surface area (Å²) in [7, 11) is 0. The maximum atomic E-state index is 12.9. The lowest BCUT2D eigenvalue weighted by atomic mass is 9.67. The zero-order valence-electron chi connectivity index (χ0n) is 17.4. The Morgan fingerprint density at radius 2 is 1.79 bits per heavy atom. The van der Waals surface area contributed by atoms with Crippen LogP contribution in [0.1, 0.15) is 46.5 Å². The van der Waals surface area contributed by atoms with Crippen molar-refractivity contribution in [2.24, 2.45) is 11.3 Å². The third-order valence-corrected chi connectivity index (χ3v) is 5.96. The molecule has 1 heterocycles. The van der Waals surface area contributed by atoms with Gasteiger partial charge in [-0.3, -0.25) is 14.5 Å². The quantitative estimate of drug-likeness (QED) is 0.449. The van der Waals surface area contributed by atoms with E-state index in [0.717, 1.165) is 17.7 Å². The monoisotopic (exact) mass is 402 g/mol. The molecule has 29 heavy (non-hydrogen) atoms. The summed E-state index contributed by atoms with van der Waals surface area (Å²) < 4.78 is 10.6. The van der Waals surface area contributed by atoms with Crippen molar-refractivity contribution in [2.75, 3.05) is 19.8 Å². The Bertz CT molecular complexity index is 748. The summed E-state index contributed by atoms with van der Waals surface area (Å²) in [5, 5.41) is 2.84. The Kier molecular flexibility index (Phi) is 6.15. The van der Waals surface area contributed by atoms with Gasteiger partial charge in [0.05, 0.1) is 0 Å². The van der Waals surface area contributed by atoms with Gasteiger partial charge in [-0.25, -0.2) is 4.79 Å². The van der Waals surface area contributed by atoms with E-state index in [0.29, 0.717) is 24.5 Å². The molecule has 1 aromatic rings. The molecule has 1 N–H and O–H groups in total. The van der Waals surface area contributed by atoms with E-state index >= 15 is 0 Å². The molecule has 1 spiro atoms. The molecular formula is C22H30N2O5. The van der Waals surface area contributed by atoms with Crippen LogP contribution < -0.4 is 10.1 Å². The number of carbonyl (C=O) groups excluding carboxylic acids is 3. The van der Waals surface area contributed by atoms with Crippen molar-refractivity contribution >= 4 is 17.9 Å². The summed E-state index contributed by atoms with van der Waals surface area (Å²) in [5.41, 5.74) is -0.686.